The van der Waals surface area contributed by atoms with Crippen LogP contribution in [-0.2, 0) is 31.3 Å². The molecular formula is C36H46N4O8S. The molecule has 2 aromatic heterocycles. The largest absolute Gasteiger partial charge is 0.457 e. The van der Waals surface area contributed by atoms with Gasteiger partial charge in [0.25, 0.3) is 5.56 Å². The minimum Gasteiger partial charge on any atom is -0.457 e. The Labute approximate surface area is 287 Å². The molecular weight excluding hydrogens is 648 g/mol. The van der Waals surface area contributed by atoms with Crippen LogP contribution in [0.3, 0.4) is 0 Å². The second kappa shape index (κ2) is 15.1. The molecule has 1 aliphatic rings. The number of ether oxygens (including phenoxy) is 4. The van der Waals surface area contributed by atoms with E-state index in [9.17, 15) is 18.0 Å². The molecule has 0 spiro atoms. The van der Waals surface area contributed by atoms with Gasteiger partial charge in [0.2, 0.25) is 10.0 Å². The van der Waals surface area contributed by atoms with Crippen LogP contribution in [0.2, 0.25) is 0 Å². The fourth-order valence-electron chi connectivity index (χ4n) is 5.65. The summed E-state index contributed by atoms with van der Waals surface area (Å²) in [4.78, 5) is 29.8. The summed E-state index contributed by atoms with van der Waals surface area (Å²) in [5, 5.41) is 0.690. The second-order valence-electron chi connectivity index (χ2n) is 13.2. The number of hydrogen-bond acceptors (Lipinski definition) is 8. The van der Waals surface area contributed by atoms with Gasteiger partial charge in [-0.15, -0.1) is 0 Å². The number of piperidine rings is 1. The van der Waals surface area contributed by atoms with Gasteiger partial charge in [-0.05, 0) is 89.4 Å². The maximum absolute atomic E-state index is 12.8. The van der Waals surface area contributed by atoms with E-state index in [1.54, 1.807) is 49.5 Å². The third kappa shape index (κ3) is 9.22. The number of nitrogens with one attached hydrogen (secondary N) is 2. The molecule has 0 radical (unpaired) electrons. The number of carbonyl (C=O) groups is 1. The van der Waals surface area contributed by atoms with E-state index in [1.165, 1.54) is 4.57 Å². The minimum absolute atomic E-state index is 0.0618. The normalized spacial score (nSPS) is 14.9. The summed E-state index contributed by atoms with van der Waals surface area (Å²) in [7, 11) is -1.86. The standard InChI is InChI=1S/C36H46N4O8S/c1-7-49(43,44)38-26-11-12-32(30(22-26)31-23-39(6)34(41)33-29(31)13-16-37-33)47-28-10-8-9-25(21-28)24(2)45-19-20-46-27-14-17-40(18-15-27)35(42)48-36(3,4)5/h8-13,16,21-24,27,37-38H,7,14-15,17-20H2,1-6H3. The van der Waals surface area contributed by atoms with E-state index in [-0.39, 0.29) is 29.6 Å². The summed E-state index contributed by atoms with van der Waals surface area (Å²) in [5.41, 5.74) is 2.35. The summed E-state index contributed by atoms with van der Waals surface area (Å²) in [5.74, 6) is 0.980. The number of fused-ring (bicyclic) bond motifs is 1. The van der Waals surface area contributed by atoms with E-state index < -0.39 is 15.6 Å². The fourth-order valence-corrected chi connectivity index (χ4v) is 6.28. The van der Waals surface area contributed by atoms with Gasteiger partial charge in [0, 0.05) is 54.7 Å². The Balaban J connectivity index is 1.24. The lowest BCUT2D eigenvalue weighted by molar-refractivity contribution is -0.0409. The molecule has 1 saturated heterocycles. The Morgan fingerprint density at radius 3 is 2.53 bits per heavy atom. The third-order valence-corrected chi connectivity index (χ3v) is 9.58. The third-order valence-electron chi connectivity index (χ3n) is 8.27. The molecule has 264 valence electrons. The van der Waals surface area contributed by atoms with Gasteiger partial charge in [-0.3, -0.25) is 9.52 Å². The smallest absolute Gasteiger partial charge is 0.410 e. The number of benzene rings is 2. The van der Waals surface area contributed by atoms with Crippen molar-refractivity contribution in [1.82, 2.24) is 14.5 Å². The summed E-state index contributed by atoms with van der Waals surface area (Å²) < 4.78 is 52.9. The number of anilines is 1. The van der Waals surface area contributed by atoms with Gasteiger partial charge in [0.15, 0.2) is 0 Å². The van der Waals surface area contributed by atoms with Crippen molar-refractivity contribution in [3.63, 3.8) is 0 Å². The van der Waals surface area contributed by atoms with Crippen molar-refractivity contribution in [3.05, 3.63) is 76.8 Å². The zero-order chi connectivity index (χ0) is 35.3. The predicted octanol–water partition coefficient (Wildman–Crippen LogP) is 6.58. The highest BCUT2D eigenvalue weighted by Crippen LogP contribution is 2.39. The summed E-state index contributed by atoms with van der Waals surface area (Å²) in [6, 6.07) is 14.5. The van der Waals surface area contributed by atoms with E-state index >= 15 is 0 Å². The highest BCUT2D eigenvalue weighted by atomic mass is 32.2. The second-order valence-corrected chi connectivity index (χ2v) is 15.2. The quantitative estimate of drug-likeness (QED) is 0.159. The van der Waals surface area contributed by atoms with E-state index in [2.05, 4.69) is 9.71 Å². The Hall–Kier alpha value is -4.33. The van der Waals surface area contributed by atoms with E-state index in [0.29, 0.717) is 65.5 Å². The van der Waals surface area contributed by atoms with Crippen molar-refractivity contribution in [2.24, 2.45) is 7.05 Å². The number of nitrogens with zero attached hydrogens (tertiary/aromatic N) is 2. The van der Waals surface area contributed by atoms with Crippen molar-refractivity contribution in [3.8, 4) is 22.6 Å². The van der Waals surface area contributed by atoms with Crippen molar-refractivity contribution in [2.45, 2.75) is 65.3 Å². The zero-order valence-electron chi connectivity index (χ0n) is 28.9. The van der Waals surface area contributed by atoms with Gasteiger partial charge < -0.3 is 33.4 Å². The van der Waals surface area contributed by atoms with Gasteiger partial charge in [-0.2, -0.15) is 0 Å². The maximum atomic E-state index is 12.8. The lowest BCUT2D eigenvalue weighted by Crippen LogP contribution is -2.43. The lowest BCUT2D eigenvalue weighted by Gasteiger charge is -2.33. The van der Waals surface area contributed by atoms with Crippen LogP contribution in [0.5, 0.6) is 11.5 Å². The molecule has 1 fully saturated rings. The molecule has 0 saturated carbocycles. The van der Waals surface area contributed by atoms with Crippen molar-refractivity contribution in [2.75, 3.05) is 36.8 Å². The molecule has 3 heterocycles. The SMILES string of the molecule is CCS(=O)(=O)Nc1ccc(Oc2cccc(C(C)OCCOC3CCN(C(=O)OC(C)(C)C)CC3)c2)c(-c2cn(C)c(=O)c3[nH]ccc23)c1. The molecule has 1 atom stereocenters. The van der Waals surface area contributed by atoms with Crippen LogP contribution in [-0.4, -0.2) is 72.7 Å². The molecule has 1 aliphatic heterocycles. The van der Waals surface area contributed by atoms with Gasteiger partial charge >= 0.3 is 6.09 Å². The molecule has 12 nitrogen and oxygen atoms in total. The van der Waals surface area contributed by atoms with Crippen molar-refractivity contribution >= 4 is 32.7 Å². The van der Waals surface area contributed by atoms with Gasteiger partial charge in [0.1, 0.15) is 22.6 Å². The monoisotopic (exact) mass is 694 g/mol. The molecule has 1 amide bonds. The molecule has 1 unspecified atom stereocenters. The van der Waals surface area contributed by atoms with Crippen molar-refractivity contribution in [1.29, 1.82) is 0 Å². The van der Waals surface area contributed by atoms with Crippen LogP contribution < -0.4 is 15.0 Å². The van der Waals surface area contributed by atoms with Gasteiger partial charge in [-0.25, -0.2) is 13.2 Å². The summed E-state index contributed by atoms with van der Waals surface area (Å²) in [6.45, 7) is 11.2. The van der Waals surface area contributed by atoms with E-state index in [1.807, 2.05) is 58.0 Å². The Bertz CT molecular complexity index is 1940. The zero-order valence-corrected chi connectivity index (χ0v) is 29.8. The minimum atomic E-state index is -3.53. The van der Waals surface area contributed by atoms with Crippen LogP contribution >= 0.6 is 0 Å². The first-order valence-electron chi connectivity index (χ1n) is 16.5. The van der Waals surface area contributed by atoms with Crippen LogP contribution in [0.4, 0.5) is 10.5 Å². The van der Waals surface area contributed by atoms with Crippen molar-refractivity contribution < 1.29 is 32.2 Å². The number of carbonyl (C=O) groups excluding carboxylic acids is 1. The number of sulfonamides is 1. The average Bonchev–Trinajstić information content (AvgIpc) is 3.55. The number of rotatable bonds is 12. The first-order valence-corrected chi connectivity index (χ1v) is 18.2. The highest BCUT2D eigenvalue weighted by Gasteiger charge is 2.27. The molecule has 4 aromatic rings. The molecule has 2 N–H and O–H groups in total. The number of aryl methyl sites for hydroxylation is 1. The van der Waals surface area contributed by atoms with Crippen LogP contribution in [0, 0.1) is 0 Å². The van der Waals surface area contributed by atoms with Gasteiger partial charge in [-0.1, -0.05) is 12.1 Å². The Morgan fingerprint density at radius 2 is 1.82 bits per heavy atom. The number of pyridine rings is 1. The Kier molecular flexibility index (Phi) is 11.1. The number of amides is 1. The Morgan fingerprint density at radius 1 is 1.06 bits per heavy atom. The highest BCUT2D eigenvalue weighted by molar-refractivity contribution is 7.92. The van der Waals surface area contributed by atoms with Gasteiger partial charge in [0.05, 0.1) is 31.2 Å². The number of likely N-dealkylation sites (tertiary alicyclic amines) is 1. The summed E-state index contributed by atoms with van der Waals surface area (Å²) in [6.07, 6.45) is 4.45. The lowest BCUT2D eigenvalue weighted by atomic mass is 10.0. The first-order chi connectivity index (χ1) is 23.2. The van der Waals surface area contributed by atoms with E-state index in [0.717, 1.165) is 18.4 Å². The molecule has 49 heavy (non-hydrogen) atoms. The fraction of sp³-hybridized carbons (Fsp3) is 0.444. The summed E-state index contributed by atoms with van der Waals surface area (Å²) >= 11 is 0. The number of H-pyrrole nitrogens is 1. The number of aromatic amines is 1. The molecule has 0 bridgehead atoms. The topological polar surface area (TPSA) is 141 Å². The maximum Gasteiger partial charge on any atom is 0.410 e. The van der Waals surface area contributed by atoms with E-state index in [4.69, 9.17) is 18.9 Å². The molecule has 0 aliphatic carbocycles. The first kappa shape index (κ1) is 36.0. The molecule has 13 heteroatoms. The molecule has 2 aromatic carbocycles. The average molecular weight is 695 g/mol. The number of hydrogen-bond donors (Lipinski definition) is 2. The van der Waals surface area contributed by atoms with Crippen LogP contribution in [0.15, 0.2) is 65.7 Å². The molecule has 5 rings (SSSR count). The van der Waals surface area contributed by atoms with Crippen LogP contribution in [0.1, 0.15) is 59.1 Å². The van der Waals surface area contributed by atoms with Crippen LogP contribution in [0.25, 0.3) is 22.0 Å². The number of aromatic nitrogens is 2. The predicted molar refractivity (Wildman–Crippen MR) is 190 cm³/mol.